The van der Waals surface area contributed by atoms with Crippen LogP contribution >= 0.6 is 34.7 Å². The zero-order chi connectivity index (χ0) is 28.0. The molecule has 0 aliphatic heterocycles. The third-order valence-corrected chi connectivity index (χ3v) is 7.10. The van der Waals surface area contributed by atoms with Crippen molar-refractivity contribution in [1.29, 1.82) is 0 Å². The van der Waals surface area contributed by atoms with Crippen LogP contribution < -0.4 is 5.32 Å². The molecule has 0 bridgehead atoms. The molecule has 0 saturated carbocycles. The fourth-order valence-electron chi connectivity index (χ4n) is 3.14. The van der Waals surface area contributed by atoms with Crippen LogP contribution in [0.25, 0.3) is 11.3 Å². The molecule has 0 aliphatic carbocycles. The Morgan fingerprint density at radius 3 is 2.29 bits per heavy atom. The van der Waals surface area contributed by atoms with Crippen molar-refractivity contribution in [2.45, 2.75) is 32.1 Å². The number of benzene rings is 1. The molecule has 202 valence electrons. The number of amides is 1. The van der Waals surface area contributed by atoms with Crippen molar-refractivity contribution in [2.24, 2.45) is 0 Å². The van der Waals surface area contributed by atoms with Crippen molar-refractivity contribution in [3.63, 3.8) is 0 Å². The molecule has 0 spiro atoms. The SMILES string of the molecule is CCOC(=O)c1sc(NC(=O)CSc2nc(-c3ccc(Cl)cc3)cc(C(F)(F)F)n2)c(C(=O)OCC)c1C. The summed E-state index contributed by atoms with van der Waals surface area (Å²) < 4.78 is 50.5. The second-order valence-corrected chi connectivity index (χ2v) is 9.86. The van der Waals surface area contributed by atoms with Crippen LogP contribution in [0, 0.1) is 6.92 Å². The van der Waals surface area contributed by atoms with Gasteiger partial charge in [-0.3, -0.25) is 4.79 Å². The lowest BCUT2D eigenvalue weighted by Crippen LogP contribution is -2.17. The van der Waals surface area contributed by atoms with Crippen molar-refractivity contribution in [1.82, 2.24) is 9.97 Å². The van der Waals surface area contributed by atoms with E-state index in [4.69, 9.17) is 21.1 Å². The summed E-state index contributed by atoms with van der Waals surface area (Å²) in [5.74, 6) is -2.45. The summed E-state index contributed by atoms with van der Waals surface area (Å²) >= 11 is 7.38. The zero-order valence-electron chi connectivity index (χ0n) is 20.3. The maximum atomic E-state index is 13.5. The summed E-state index contributed by atoms with van der Waals surface area (Å²) in [5, 5.41) is 2.72. The van der Waals surface area contributed by atoms with Crippen molar-refractivity contribution >= 4 is 57.5 Å². The first-order valence-electron chi connectivity index (χ1n) is 11.1. The first kappa shape index (κ1) is 29.4. The number of thioether (sulfide) groups is 1. The molecular weight excluding hydrogens is 567 g/mol. The number of rotatable bonds is 9. The number of aromatic nitrogens is 2. The Bertz CT molecular complexity index is 1350. The Morgan fingerprint density at radius 2 is 1.68 bits per heavy atom. The van der Waals surface area contributed by atoms with Crippen LogP contribution in [-0.4, -0.2) is 46.8 Å². The molecule has 2 heterocycles. The average molecular weight is 588 g/mol. The lowest BCUT2D eigenvalue weighted by molar-refractivity contribution is -0.141. The number of nitrogens with one attached hydrogen (secondary N) is 1. The Labute approximate surface area is 228 Å². The fraction of sp³-hybridized carbons (Fsp3) is 0.292. The minimum atomic E-state index is -4.74. The van der Waals surface area contributed by atoms with Gasteiger partial charge in [-0.2, -0.15) is 13.2 Å². The van der Waals surface area contributed by atoms with Gasteiger partial charge in [0.2, 0.25) is 5.91 Å². The molecule has 3 aromatic rings. The molecule has 0 unspecified atom stereocenters. The topological polar surface area (TPSA) is 107 Å². The Kier molecular flexibility index (Phi) is 9.74. The predicted octanol–water partition coefficient (Wildman–Crippen LogP) is 6.27. The number of thiophene rings is 1. The zero-order valence-corrected chi connectivity index (χ0v) is 22.7. The molecule has 1 amide bonds. The van der Waals surface area contributed by atoms with E-state index in [1.54, 1.807) is 13.8 Å². The smallest absolute Gasteiger partial charge is 0.433 e. The molecule has 8 nitrogen and oxygen atoms in total. The largest absolute Gasteiger partial charge is 0.462 e. The molecule has 0 radical (unpaired) electrons. The first-order chi connectivity index (χ1) is 17.9. The molecular formula is C24H21ClF3N3O5S2. The van der Waals surface area contributed by atoms with Crippen LogP contribution in [0.2, 0.25) is 5.02 Å². The highest BCUT2D eigenvalue weighted by Gasteiger charge is 2.34. The molecule has 0 atom stereocenters. The lowest BCUT2D eigenvalue weighted by atomic mass is 10.1. The maximum absolute atomic E-state index is 13.5. The van der Waals surface area contributed by atoms with Gasteiger partial charge in [-0.1, -0.05) is 35.5 Å². The van der Waals surface area contributed by atoms with Gasteiger partial charge in [0.25, 0.3) is 0 Å². The normalized spacial score (nSPS) is 11.2. The number of ether oxygens (including phenoxy) is 2. The minimum Gasteiger partial charge on any atom is -0.462 e. The number of anilines is 1. The Hall–Kier alpha value is -3.16. The highest BCUT2D eigenvalue weighted by atomic mass is 35.5. The van der Waals surface area contributed by atoms with E-state index in [9.17, 15) is 27.6 Å². The van der Waals surface area contributed by atoms with Crippen LogP contribution in [0.15, 0.2) is 35.5 Å². The van der Waals surface area contributed by atoms with Crippen LogP contribution in [0.1, 0.15) is 45.1 Å². The number of halogens is 4. The number of esters is 2. The predicted molar refractivity (Wildman–Crippen MR) is 138 cm³/mol. The third-order valence-electron chi connectivity index (χ3n) is 4.81. The van der Waals surface area contributed by atoms with Crippen molar-refractivity contribution in [3.05, 3.63) is 57.1 Å². The van der Waals surface area contributed by atoms with Gasteiger partial charge < -0.3 is 14.8 Å². The van der Waals surface area contributed by atoms with E-state index in [0.717, 1.165) is 17.4 Å². The summed E-state index contributed by atoms with van der Waals surface area (Å²) in [6.45, 7) is 4.93. The van der Waals surface area contributed by atoms with Crippen LogP contribution in [0.5, 0.6) is 0 Å². The van der Waals surface area contributed by atoms with Gasteiger partial charge in [0.1, 0.15) is 15.6 Å². The number of nitrogens with zero attached hydrogens (tertiary/aromatic N) is 2. The fourth-order valence-corrected chi connectivity index (χ4v) is 5.03. The van der Waals surface area contributed by atoms with Crippen molar-refractivity contribution in [3.8, 4) is 11.3 Å². The number of hydrogen-bond acceptors (Lipinski definition) is 9. The quantitative estimate of drug-likeness (QED) is 0.177. The van der Waals surface area contributed by atoms with Gasteiger partial charge in [-0.15, -0.1) is 11.3 Å². The van der Waals surface area contributed by atoms with E-state index < -0.39 is 29.7 Å². The third kappa shape index (κ3) is 7.23. The maximum Gasteiger partial charge on any atom is 0.433 e. The van der Waals surface area contributed by atoms with E-state index in [1.165, 1.54) is 31.2 Å². The number of carbonyl (C=O) groups is 3. The van der Waals surface area contributed by atoms with Gasteiger partial charge >= 0.3 is 18.1 Å². The lowest BCUT2D eigenvalue weighted by Gasteiger charge is -2.11. The Morgan fingerprint density at radius 1 is 1.05 bits per heavy atom. The first-order valence-corrected chi connectivity index (χ1v) is 13.2. The van der Waals surface area contributed by atoms with E-state index in [2.05, 4.69) is 15.3 Å². The average Bonchev–Trinajstić information content (AvgIpc) is 3.18. The molecule has 0 aliphatic rings. The van der Waals surface area contributed by atoms with Crippen LogP contribution in [0.4, 0.5) is 18.2 Å². The standard InChI is InChI=1S/C24H21ClF3N3O5S2/c1-4-35-21(33)18-12(3)19(22(34)36-5-2)38-20(18)31-17(32)11-37-23-29-15(10-16(30-23)24(26,27)28)13-6-8-14(25)9-7-13/h6-10H,4-5,11H2,1-3H3,(H,31,32). The molecule has 1 N–H and O–H groups in total. The highest BCUT2D eigenvalue weighted by Crippen LogP contribution is 2.35. The summed E-state index contributed by atoms with van der Waals surface area (Å²) in [6.07, 6.45) is -4.74. The number of hydrogen-bond donors (Lipinski definition) is 1. The van der Waals surface area contributed by atoms with Crippen LogP contribution in [-0.2, 0) is 20.4 Å². The summed E-state index contributed by atoms with van der Waals surface area (Å²) in [7, 11) is 0. The van der Waals surface area contributed by atoms with E-state index in [1.807, 2.05) is 0 Å². The Balaban J connectivity index is 1.85. The van der Waals surface area contributed by atoms with Crippen LogP contribution in [0.3, 0.4) is 0 Å². The van der Waals surface area contributed by atoms with E-state index in [0.29, 0.717) is 22.3 Å². The molecule has 3 rings (SSSR count). The van der Waals surface area contributed by atoms with Gasteiger partial charge in [0.15, 0.2) is 5.16 Å². The minimum absolute atomic E-state index is 0.00130. The van der Waals surface area contributed by atoms with Gasteiger partial charge in [-0.25, -0.2) is 19.6 Å². The van der Waals surface area contributed by atoms with Gasteiger partial charge in [0, 0.05) is 10.6 Å². The number of alkyl halides is 3. The van der Waals surface area contributed by atoms with E-state index in [-0.39, 0.29) is 50.8 Å². The molecule has 38 heavy (non-hydrogen) atoms. The molecule has 0 fully saturated rings. The summed E-state index contributed by atoms with van der Waals surface area (Å²) in [5.41, 5.74) is -0.502. The van der Waals surface area contributed by atoms with Gasteiger partial charge in [-0.05, 0) is 44.5 Å². The van der Waals surface area contributed by atoms with Crippen molar-refractivity contribution < 1.29 is 37.0 Å². The van der Waals surface area contributed by atoms with Gasteiger partial charge in [0.05, 0.1) is 30.2 Å². The second kappa shape index (κ2) is 12.6. The number of carbonyl (C=O) groups excluding carboxylic acids is 3. The second-order valence-electron chi connectivity index (χ2n) is 7.46. The molecule has 0 saturated heterocycles. The van der Waals surface area contributed by atoms with Crippen molar-refractivity contribution in [2.75, 3.05) is 24.3 Å². The monoisotopic (exact) mass is 587 g/mol. The van der Waals surface area contributed by atoms with E-state index >= 15 is 0 Å². The summed E-state index contributed by atoms with van der Waals surface area (Å²) in [6, 6.07) is 6.87. The molecule has 14 heteroatoms. The highest BCUT2D eigenvalue weighted by molar-refractivity contribution is 7.99. The summed E-state index contributed by atoms with van der Waals surface area (Å²) in [4.78, 5) is 45.3. The molecule has 1 aromatic carbocycles. The molecule has 2 aromatic heterocycles.